The quantitative estimate of drug-likeness (QED) is 0.803. The second-order valence-corrected chi connectivity index (χ2v) is 5.03. The predicted octanol–water partition coefficient (Wildman–Crippen LogP) is 0.680. The maximum Gasteiger partial charge on any atom is 0.245 e. The summed E-state index contributed by atoms with van der Waals surface area (Å²) in [6.07, 6.45) is 0.870. The highest BCUT2D eigenvalue weighted by molar-refractivity contribution is 5.91. The molecule has 2 amide bonds. The molecule has 6 nitrogen and oxygen atoms in total. The van der Waals surface area contributed by atoms with Gasteiger partial charge in [-0.15, -0.1) is 0 Å². The van der Waals surface area contributed by atoms with Gasteiger partial charge in [0.25, 0.3) is 0 Å². The Morgan fingerprint density at radius 3 is 2.35 bits per heavy atom. The van der Waals surface area contributed by atoms with Crippen LogP contribution in [0.15, 0.2) is 0 Å². The molecule has 0 radical (unpaired) electrons. The van der Waals surface area contributed by atoms with Crippen LogP contribution >= 0.6 is 0 Å². The zero-order chi connectivity index (χ0) is 15.2. The SMILES string of the molecule is CCC(C#N)(CC)C(=O)NC(C)C(=O)N1CCOCC1. The Bertz CT molecular complexity index is 393. The molecule has 1 heterocycles. The van der Waals surface area contributed by atoms with E-state index in [1.807, 2.05) is 0 Å². The maximum absolute atomic E-state index is 12.2. The molecule has 0 aliphatic carbocycles. The molecule has 0 aromatic rings. The summed E-state index contributed by atoms with van der Waals surface area (Å²) in [5, 5.41) is 11.9. The van der Waals surface area contributed by atoms with Crippen molar-refractivity contribution in [2.45, 2.75) is 39.7 Å². The third-order valence-corrected chi connectivity index (χ3v) is 3.90. The Morgan fingerprint density at radius 2 is 1.90 bits per heavy atom. The summed E-state index contributed by atoms with van der Waals surface area (Å²) in [6, 6.07) is 1.46. The minimum Gasteiger partial charge on any atom is -0.378 e. The number of nitriles is 1. The van der Waals surface area contributed by atoms with Gasteiger partial charge in [0.15, 0.2) is 0 Å². The second kappa shape index (κ2) is 7.25. The van der Waals surface area contributed by atoms with Crippen molar-refractivity contribution in [3.63, 3.8) is 0 Å². The van der Waals surface area contributed by atoms with Crippen LogP contribution in [0.2, 0.25) is 0 Å². The summed E-state index contributed by atoms with van der Waals surface area (Å²) in [4.78, 5) is 26.1. The Labute approximate surface area is 120 Å². The van der Waals surface area contributed by atoms with Gasteiger partial charge in [-0.25, -0.2) is 0 Å². The van der Waals surface area contributed by atoms with E-state index in [9.17, 15) is 14.9 Å². The number of ether oxygens (including phenoxy) is 1. The Kier molecular flexibility index (Phi) is 5.96. The van der Waals surface area contributed by atoms with Gasteiger partial charge in [0, 0.05) is 13.1 Å². The molecule has 1 aliphatic rings. The van der Waals surface area contributed by atoms with E-state index in [0.29, 0.717) is 39.1 Å². The number of hydrogen-bond donors (Lipinski definition) is 1. The van der Waals surface area contributed by atoms with Crippen LogP contribution in [-0.2, 0) is 14.3 Å². The molecule has 6 heteroatoms. The van der Waals surface area contributed by atoms with E-state index < -0.39 is 11.5 Å². The number of amides is 2. The number of carbonyl (C=O) groups excluding carboxylic acids is 2. The Hall–Kier alpha value is -1.61. The van der Waals surface area contributed by atoms with Gasteiger partial charge in [0.2, 0.25) is 11.8 Å². The molecule has 1 aliphatic heterocycles. The van der Waals surface area contributed by atoms with Gasteiger partial charge < -0.3 is 15.0 Å². The first-order valence-electron chi connectivity index (χ1n) is 7.09. The van der Waals surface area contributed by atoms with E-state index in [1.165, 1.54) is 0 Å². The molecule has 1 saturated heterocycles. The molecule has 0 aromatic carbocycles. The van der Waals surface area contributed by atoms with Crippen LogP contribution in [0, 0.1) is 16.7 Å². The van der Waals surface area contributed by atoms with Crippen molar-refractivity contribution in [3.05, 3.63) is 0 Å². The average Bonchev–Trinajstić information content (AvgIpc) is 2.49. The Balaban J connectivity index is 2.65. The molecule has 1 N–H and O–H groups in total. The van der Waals surface area contributed by atoms with E-state index in [2.05, 4.69) is 11.4 Å². The molecule has 112 valence electrons. The van der Waals surface area contributed by atoms with Gasteiger partial charge in [-0.3, -0.25) is 9.59 Å². The third kappa shape index (κ3) is 3.48. The summed E-state index contributed by atoms with van der Waals surface area (Å²) in [5.74, 6) is -0.486. The lowest BCUT2D eigenvalue weighted by molar-refractivity contribution is -0.141. The van der Waals surface area contributed by atoms with Crippen molar-refractivity contribution in [1.29, 1.82) is 5.26 Å². The fourth-order valence-electron chi connectivity index (χ4n) is 2.23. The highest BCUT2D eigenvalue weighted by Gasteiger charge is 2.37. The van der Waals surface area contributed by atoms with Crippen molar-refractivity contribution >= 4 is 11.8 Å². The van der Waals surface area contributed by atoms with Crippen molar-refractivity contribution in [2.24, 2.45) is 5.41 Å². The number of carbonyl (C=O) groups is 2. The van der Waals surface area contributed by atoms with Gasteiger partial charge in [0.05, 0.1) is 19.3 Å². The lowest BCUT2D eigenvalue weighted by atomic mass is 9.83. The minimum absolute atomic E-state index is 0.124. The van der Waals surface area contributed by atoms with Crippen LogP contribution in [0.4, 0.5) is 0 Å². The largest absolute Gasteiger partial charge is 0.378 e. The van der Waals surface area contributed by atoms with Gasteiger partial charge >= 0.3 is 0 Å². The van der Waals surface area contributed by atoms with Crippen LogP contribution in [0.25, 0.3) is 0 Å². The molecule has 1 unspecified atom stereocenters. The lowest BCUT2D eigenvalue weighted by Crippen LogP contribution is -2.53. The minimum atomic E-state index is -1.04. The summed E-state index contributed by atoms with van der Waals surface area (Å²) < 4.78 is 5.19. The molecular weight excluding hydrogens is 258 g/mol. The monoisotopic (exact) mass is 281 g/mol. The highest BCUT2D eigenvalue weighted by Crippen LogP contribution is 2.25. The standard InChI is InChI=1S/C14H23N3O3/c1-4-14(5-2,10-15)13(19)16-11(3)12(18)17-6-8-20-9-7-17/h11H,4-9H2,1-3H3,(H,16,19). The van der Waals surface area contributed by atoms with Crippen LogP contribution in [0.1, 0.15) is 33.6 Å². The Morgan fingerprint density at radius 1 is 1.35 bits per heavy atom. The van der Waals surface area contributed by atoms with Crippen LogP contribution < -0.4 is 5.32 Å². The fraction of sp³-hybridized carbons (Fsp3) is 0.786. The normalized spacial score (nSPS) is 17.2. The van der Waals surface area contributed by atoms with Crippen molar-refractivity contribution in [2.75, 3.05) is 26.3 Å². The first-order chi connectivity index (χ1) is 9.50. The second-order valence-electron chi connectivity index (χ2n) is 5.03. The van der Waals surface area contributed by atoms with Crippen LogP contribution in [0.5, 0.6) is 0 Å². The number of nitrogens with one attached hydrogen (secondary N) is 1. The molecule has 1 rings (SSSR count). The van der Waals surface area contributed by atoms with Gasteiger partial charge in [0.1, 0.15) is 11.5 Å². The number of nitrogens with zero attached hydrogens (tertiary/aromatic N) is 2. The predicted molar refractivity (Wildman–Crippen MR) is 73.6 cm³/mol. The van der Waals surface area contributed by atoms with Crippen LogP contribution in [0.3, 0.4) is 0 Å². The molecule has 1 fully saturated rings. The summed E-state index contributed by atoms with van der Waals surface area (Å²) >= 11 is 0. The molecule has 0 bridgehead atoms. The van der Waals surface area contributed by atoms with Gasteiger partial charge in [-0.1, -0.05) is 13.8 Å². The summed E-state index contributed by atoms with van der Waals surface area (Å²) in [5.41, 5.74) is -1.04. The zero-order valence-corrected chi connectivity index (χ0v) is 12.4. The molecular formula is C14H23N3O3. The van der Waals surface area contributed by atoms with Gasteiger partial charge in [-0.05, 0) is 19.8 Å². The smallest absolute Gasteiger partial charge is 0.245 e. The zero-order valence-electron chi connectivity index (χ0n) is 12.4. The van der Waals surface area contributed by atoms with E-state index in [4.69, 9.17) is 4.74 Å². The van der Waals surface area contributed by atoms with Crippen molar-refractivity contribution in [3.8, 4) is 6.07 Å². The molecule has 1 atom stereocenters. The van der Waals surface area contributed by atoms with E-state index in [0.717, 1.165) is 0 Å². The molecule has 0 saturated carbocycles. The number of hydrogen-bond acceptors (Lipinski definition) is 4. The van der Waals surface area contributed by atoms with E-state index in [-0.39, 0.29) is 11.8 Å². The number of morpholine rings is 1. The van der Waals surface area contributed by atoms with Crippen molar-refractivity contribution < 1.29 is 14.3 Å². The summed E-state index contributed by atoms with van der Waals surface area (Å²) in [7, 11) is 0. The average molecular weight is 281 g/mol. The first kappa shape index (κ1) is 16.4. The first-order valence-corrected chi connectivity index (χ1v) is 7.09. The third-order valence-electron chi connectivity index (χ3n) is 3.90. The lowest BCUT2D eigenvalue weighted by Gasteiger charge is -2.31. The van der Waals surface area contributed by atoms with E-state index >= 15 is 0 Å². The topological polar surface area (TPSA) is 82.4 Å². The molecule has 0 aromatic heterocycles. The van der Waals surface area contributed by atoms with Crippen molar-refractivity contribution in [1.82, 2.24) is 10.2 Å². The summed E-state index contributed by atoms with van der Waals surface area (Å²) in [6.45, 7) is 7.41. The van der Waals surface area contributed by atoms with E-state index in [1.54, 1.807) is 25.7 Å². The molecule has 20 heavy (non-hydrogen) atoms. The highest BCUT2D eigenvalue weighted by atomic mass is 16.5. The fourth-order valence-corrected chi connectivity index (χ4v) is 2.23. The van der Waals surface area contributed by atoms with Crippen LogP contribution in [-0.4, -0.2) is 49.1 Å². The number of rotatable bonds is 5. The van der Waals surface area contributed by atoms with Gasteiger partial charge in [-0.2, -0.15) is 5.26 Å². The maximum atomic E-state index is 12.2. The molecule has 0 spiro atoms.